The smallest absolute Gasteiger partial charge is 0.193 e. The highest BCUT2D eigenvalue weighted by Crippen LogP contribution is 2.18. The van der Waals surface area contributed by atoms with Crippen LogP contribution in [0.1, 0.15) is 19.1 Å². The number of furan rings is 1. The molecular weight excluding hydrogens is 218 g/mol. The van der Waals surface area contributed by atoms with Crippen molar-refractivity contribution in [2.45, 2.75) is 19.1 Å². The van der Waals surface area contributed by atoms with E-state index in [1.54, 1.807) is 6.07 Å². The van der Waals surface area contributed by atoms with Gasteiger partial charge in [0.1, 0.15) is 5.76 Å². The van der Waals surface area contributed by atoms with Crippen LogP contribution in [0.5, 0.6) is 0 Å². The van der Waals surface area contributed by atoms with Gasteiger partial charge in [-0.05, 0) is 49.0 Å². The van der Waals surface area contributed by atoms with Crippen LogP contribution in [0, 0.1) is 0 Å². The Labute approximate surface area is 94.4 Å². The maximum atomic E-state index is 5.66. The molecule has 1 heterocycles. The van der Waals surface area contributed by atoms with Crippen LogP contribution in [-0.2, 0) is 5.75 Å². The summed E-state index contributed by atoms with van der Waals surface area (Å²) < 4.78 is 5.24. The first-order valence-electron chi connectivity index (χ1n) is 4.85. The molecule has 1 aromatic heterocycles. The van der Waals surface area contributed by atoms with Crippen molar-refractivity contribution in [1.29, 1.82) is 0 Å². The van der Waals surface area contributed by atoms with Crippen molar-refractivity contribution in [3.8, 4) is 0 Å². The topological polar surface area (TPSA) is 25.2 Å². The van der Waals surface area contributed by atoms with Crippen LogP contribution in [0.3, 0.4) is 0 Å². The van der Waals surface area contributed by atoms with Gasteiger partial charge in [-0.2, -0.15) is 11.8 Å². The lowest BCUT2D eigenvalue weighted by Gasteiger charge is -2.00. The fourth-order valence-corrected chi connectivity index (χ4v) is 2.09. The molecule has 0 aromatic carbocycles. The van der Waals surface area contributed by atoms with E-state index in [0.29, 0.717) is 5.22 Å². The van der Waals surface area contributed by atoms with Crippen LogP contribution in [-0.4, -0.2) is 18.8 Å². The Bertz CT molecular complexity index is 252. The van der Waals surface area contributed by atoms with Crippen LogP contribution >= 0.6 is 23.4 Å². The largest absolute Gasteiger partial charge is 0.449 e. The summed E-state index contributed by atoms with van der Waals surface area (Å²) in [6.07, 6.45) is 1.20. The molecule has 0 aliphatic heterocycles. The molecule has 1 N–H and O–H groups in total. The Balaban J connectivity index is 1.99. The van der Waals surface area contributed by atoms with Crippen molar-refractivity contribution < 1.29 is 4.42 Å². The van der Waals surface area contributed by atoms with E-state index in [4.69, 9.17) is 16.0 Å². The molecule has 0 unspecified atom stereocenters. The van der Waals surface area contributed by atoms with Crippen LogP contribution in [0.25, 0.3) is 0 Å². The van der Waals surface area contributed by atoms with Gasteiger partial charge in [-0.1, -0.05) is 6.92 Å². The summed E-state index contributed by atoms with van der Waals surface area (Å²) in [5, 5.41) is 3.77. The molecule has 1 aromatic rings. The fourth-order valence-electron chi connectivity index (χ4n) is 1.08. The number of rotatable bonds is 7. The normalized spacial score (nSPS) is 10.7. The predicted octanol–water partition coefficient (Wildman–Crippen LogP) is 3.17. The number of halogens is 1. The molecule has 1 rings (SSSR count). The van der Waals surface area contributed by atoms with Crippen molar-refractivity contribution in [1.82, 2.24) is 5.32 Å². The molecule has 0 bridgehead atoms. The van der Waals surface area contributed by atoms with E-state index in [9.17, 15) is 0 Å². The van der Waals surface area contributed by atoms with Gasteiger partial charge in [-0.3, -0.25) is 0 Å². The molecule has 0 atom stereocenters. The Morgan fingerprint density at radius 2 is 2.36 bits per heavy atom. The Morgan fingerprint density at radius 1 is 1.50 bits per heavy atom. The molecule has 0 spiro atoms. The molecule has 0 aliphatic carbocycles. The zero-order valence-corrected chi connectivity index (χ0v) is 9.96. The van der Waals surface area contributed by atoms with E-state index in [1.807, 2.05) is 17.8 Å². The molecular formula is C10H16ClNOS. The standard InChI is InChI=1S/C10H16ClNOS/c1-2-12-6-3-7-14-8-9-4-5-10(11)13-9/h4-5,12H,2-3,6-8H2,1H3. The summed E-state index contributed by atoms with van der Waals surface area (Å²) in [7, 11) is 0. The second-order valence-electron chi connectivity index (χ2n) is 2.97. The second-order valence-corrected chi connectivity index (χ2v) is 4.44. The van der Waals surface area contributed by atoms with Gasteiger partial charge < -0.3 is 9.73 Å². The summed E-state index contributed by atoms with van der Waals surface area (Å²) in [6.45, 7) is 4.28. The van der Waals surface area contributed by atoms with Crippen LogP contribution in [0.15, 0.2) is 16.5 Å². The van der Waals surface area contributed by atoms with Crippen LogP contribution in [0.2, 0.25) is 5.22 Å². The number of hydrogen-bond acceptors (Lipinski definition) is 3. The SMILES string of the molecule is CCNCCCSCc1ccc(Cl)o1. The minimum atomic E-state index is 0.480. The summed E-state index contributed by atoms with van der Waals surface area (Å²) in [5.41, 5.74) is 0. The maximum Gasteiger partial charge on any atom is 0.193 e. The molecule has 0 saturated heterocycles. The first-order valence-corrected chi connectivity index (χ1v) is 6.39. The van der Waals surface area contributed by atoms with E-state index in [1.165, 1.54) is 6.42 Å². The van der Waals surface area contributed by atoms with Crippen molar-refractivity contribution >= 4 is 23.4 Å². The molecule has 14 heavy (non-hydrogen) atoms. The molecule has 0 aliphatic rings. The van der Waals surface area contributed by atoms with E-state index >= 15 is 0 Å². The fraction of sp³-hybridized carbons (Fsp3) is 0.600. The third-order valence-electron chi connectivity index (χ3n) is 1.77. The highest BCUT2D eigenvalue weighted by atomic mass is 35.5. The third kappa shape index (κ3) is 4.94. The van der Waals surface area contributed by atoms with Crippen LogP contribution in [0.4, 0.5) is 0 Å². The van der Waals surface area contributed by atoms with Crippen molar-refractivity contribution in [2.24, 2.45) is 0 Å². The lowest BCUT2D eigenvalue weighted by molar-refractivity contribution is 0.532. The quantitative estimate of drug-likeness (QED) is 0.733. The number of thioether (sulfide) groups is 1. The summed E-state index contributed by atoms with van der Waals surface area (Å²) in [5.74, 6) is 3.04. The highest BCUT2D eigenvalue weighted by Gasteiger charge is 1.99. The minimum absolute atomic E-state index is 0.480. The molecule has 80 valence electrons. The van der Waals surface area contributed by atoms with E-state index in [-0.39, 0.29) is 0 Å². The van der Waals surface area contributed by atoms with E-state index in [0.717, 1.165) is 30.4 Å². The summed E-state index contributed by atoms with van der Waals surface area (Å²) >= 11 is 7.53. The molecule has 0 radical (unpaired) electrons. The van der Waals surface area contributed by atoms with Crippen LogP contribution < -0.4 is 5.32 Å². The first-order chi connectivity index (χ1) is 6.83. The van der Waals surface area contributed by atoms with Gasteiger partial charge >= 0.3 is 0 Å². The maximum absolute atomic E-state index is 5.66. The monoisotopic (exact) mass is 233 g/mol. The molecule has 2 nitrogen and oxygen atoms in total. The van der Waals surface area contributed by atoms with Crippen molar-refractivity contribution in [3.05, 3.63) is 23.1 Å². The molecule has 0 fully saturated rings. The number of nitrogens with one attached hydrogen (secondary N) is 1. The number of hydrogen-bond donors (Lipinski definition) is 1. The Kier molecular flexibility index (Phi) is 6.15. The van der Waals surface area contributed by atoms with Gasteiger partial charge in [0.2, 0.25) is 0 Å². The van der Waals surface area contributed by atoms with Gasteiger partial charge in [-0.15, -0.1) is 0 Å². The van der Waals surface area contributed by atoms with E-state index < -0.39 is 0 Å². The minimum Gasteiger partial charge on any atom is -0.449 e. The van der Waals surface area contributed by atoms with E-state index in [2.05, 4.69) is 12.2 Å². The summed E-state index contributed by atoms with van der Waals surface area (Å²) in [6, 6.07) is 3.72. The lowest BCUT2D eigenvalue weighted by Crippen LogP contribution is -2.14. The lowest BCUT2D eigenvalue weighted by atomic mass is 10.5. The van der Waals surface area contributed by atoms with Crippen molar-refractivity contribution in [3.63, 3.8) is 0 Å². The average Bonchev–Trinajstić information content (AvgIpc) is 2.58. The Hall–Kier alpha value is -0.120. The Morgan fingerprint density at radius 3 is 3.00 bits per heavy atom. The van der Waals surface area contributed by atoms with Gasteiger partial charge in [-0.25, -0.2) is 0 Å². The average molecular weight is 234 g/mol. The highest BCUT2D eigenvalue weighted by molar-refractivity contribution is 7.98. The summed E-state index contributed by atoms with van der Waals surface area (Å²) in [4.78, 5) is 0. The second kappa shape index (κ2) is 7.21. The zero-order chi connectivity index (χ0) is 10.2. The van der Waals surface area contributed by atoms with Gasteiger partial charge in [0.25, 0.3) is 0 Å². The predicted molar refractivity (Wildman–Crippen MR) is 63.0 cm³/mol. The third-order valence-corrected chi connectivity index (χ3v) is 3.03. The van der Waals surface area contributed by atoms with Gasteiger partial charge in [0, 0.05) is 0 Å². The molecule has 4 heteroatoms. The van der Waals surface area contributed by atoms with Crippen molar-refractivity contribution in [2.75, 3.05) is 18.8 Å². The van der Waals surface area contributed by atoms with Gasteiger partial charge in [0.15, 0.2) is 5.22 Å². The van der Waals surface area contributed by atoms with Gasteiger partial charge in [0.05, 0.1) is 5.75 Å². The zero-order valence-electron chi connectivity index (χ0n) is 8.38. The first kappa shape index (κ1) is 12.0. The molecule has 0 saturated carbocycles. The molecule has 0 amide bonds.